The van der Waals surface area contributed by atoms with E-state index < -0.39 is 0 Å². The quantitative estimate of drug-likeness (QED) is 0.767. The molecule has 0 unspecified atom stereocenters. The fourth-order valence-electron chi connectivity index (χ4n) is 2.25. The van der Waals surface area contributed by atoms with E-state index in [1.54, 1.807) is 0 Å². The number of para-hydroxylation sites is 1. The zero-order valence-corrected chi connectivity index (χ0v) is 13.6. The third kappa shape index (κ3) is 3.96. The van der Waals surface area contributed by atoms with Crippen LogP contribution in [0.5, 0.6) is 0 Å². The standard InChI is InChI=1S/C17H19ClN2S/c1-2-3-11-20(14-7-5-4-6-8-14)16-10-9-13(18)12-15(16)17(19)21/h4-10,12H,2-3,11H2,1H3,(H2,19,21). The zero-order chi connectivity index (χ0) is 15.2. The first kappa shape index (κ1) is 15.8. The van der Waals surface area contributed by atoms with Gasteiger partial charge in [0.2, 0.25) is 0 Å². The lowest BCUT2D eigenvalue weighted by Crippen LogP contribution is -2.22. The number of hydrogen-bond acceptors (Lipinski definition) is 2. The molecule has 0 atom stereocenters. The van der Waals surface area contributed by atoms with E-state index in [-0.39, 0.29) is 0 Å². The predicted molar refractivity (Wildman–Crippen MR) is 95.7 cm³/mol. The molecule has 0 saturated heterocycles. The lowest BCUT2D eigenvalue weighted by Gasteiger charge is -2.27. The summed E-state index contributed by atoms with van der Waals surface area (Å²) in [5.41, 5.74) is 8.83. The first-order chi connectivity index (χ1) is 10.1. The summed E-state index contributed by atoms with van der Waals surface area (Å²) < 4.78 is 0. The molecule has 110 valence electrons. The Hall–Kier alpha value is -1.58. The van der Waals surface area contributed by atoms with E-state index in [0.29, 0.717) is 10.0 Å². The number of rotatable bonds is 6. The Bertz CT molecular complexity index is 613. The molecule has 21 heavy (non-hydrogen) atoms. The van der Waals surface area contributed by atoms with Crippen molar-refractivity contribution in [3.63, 3.8) is 0 Å². The smallest absolute Gasteiger partial charge is 0.106 e. The van der Waals surface area contributed by atoms with Crippen LogP contribution in [0.1, 0.15) is 25.3 Å². The Morgan fingerprint density at radius 2 is 1.90 bits per heavy atom. The summed E-state index contributed by atoms with van der Waals surface area (Å²) in [5.74, 6) is 0. The molecule has 4 heteroatoms. The van der Waals surface area contributed by atoms with E-state index in [4.69, 9.17) is 29.6 Å². The normalized spacial score (nSPS) is 10.4. The molecule has 0 aliphatic carbocycles. The molecule has 0 fully saturated rings. The fraction of sp³-hybridized carbons (Fsp3) is 0.235. The van der Waals surface area contributed by atoms with Gasteiger partial charge in [0.25, 0.3) is 0 Å². The summed E-state index contributed by atoms with van der Waals surface area (Å²) in [6.45, 7) is 3.09. The molecule has 0 aromatic heterocycles. The van der Waals surface area contributed by atoms with Gasteiger partial charge < -0.3 is 10.6 Å². The third-order valence-corrected chi connectivity index (χ3v) is 3.77. The van der Waals surface area contributed by atoms with E-state index in [2.05, 4.69) is 24.0 Å². The van der Waals surface area contributed by atoms with Crippen LogP contribution in [-0.2, 0) is 0 Å². The molecule has 0 spiro atoms. The van der Waals surface area contributed by atoms with Gasteiger partial charge in [0, 0.05) is 22.8 Å². The van der Waals surface area contributed by atoms with Crippen molar-refractivity contribution in [2.75, 3.05) is 11.4 Å². The summed E-state index contributed by atoms with van der Waals surface area (Å²) in [4.78, 5) is 2.61. The van der Waals surface area contributed by atoms with Gasteiger partial charge in [-0.15, -0.1) is 0 Å². The minimum atomic E-state index is 0.366. The summed E-state index contributed by atoms with van der Waals surface area (Å²) in [5, 5.41) is 0.644. The first-order valence-corrected chi connectivity index (χ1v) is 7.84. The summed E-state index contributed by atoms with van der Waals surface area (Å²) in [6, 6.07) is 16.0. The van der Waals surface area contributed by atoms with Crippen LogP contribution in [0, 0.1) is 0 Å². The number of nitrogens with two attached hydrogens (primary N) is 1. The molecule has 0 amide bonds. The molecule has 0 radical (unpaired) electrons. The SMILES string of the molecule is CCCCN(c1ccccc1)c1ccc(Cl)cc1C(N)=S. The van der Waals surface area contributed by atoms with E-state index in [0.717, 1.165) is 36.3 Å². The predicted octanol–water partition coefficient (Wildman–Crippen LogP) is 4.91. The molecule has 0 saturated carbocycles. The topological polar surface area (TPSA) is 29.3 Å². The monoisotopic (exact) mass is 318 g/mol. The van der Waals surface area contributed by atoms with Crippen molar-refractivity contribution in [3.05, 3.63) is 59.1 Å². The summed E-state index contributed by atoms with van der Waals surface area (Å²) in [7, 11) is 0. The number of anilines is 2. The molecule has 2 aromatic carbocycles. The van der Waals surface area contributed by atoms with Gasteiger partial charge in [-0.05, 0) is 36.8 Å². The van der Waals surface area contributed by atoms with Crippen LogP contribution in [0.3, 0.4) is 0 Å². The number of halogens is 1. The number of thiocarbonyl (C=S) groups is 1. The highest BCUT2D eigenvalue weighted by molar-refractivity contribution is 7.80. The van der Waals surface area contributed by atoms with Crippen LogP contribution in [-0.4, -0.2) is 11.5 Å². The van der Waals surface area contributed by atoms with Gasteiger partial charge in [-0.25, -0.2) is 0 Å². The number of benzene rings is 2. The molecule has 2 nitrogen and oxygen atoms in total. The minimum Gasteiger partial charge on any atom is -0.389 e. The van der Waals surface area contributed by atoms with Crippen molar-refractivity contribution in [2.45, 2.75) is 19.8 Å². The second kappa shape index (κ2) is 7.43. The first-order valence-electron chi connectivity index (χ1n) is 7.05. The van der Waals surface area contributed by atoms with Crippen molar-refractivity contribution in [2.24, 2.45) is 5.73 Å². The molecular formula is C17H19ClN2S. The average Bonchev–Trinajstić information content (AvgIpc) is 2.49. The molecular weight excluding hydrogens is 300 g/mol. The Balaban J connectivity index is 2.48. The van der Waals surface area contributed by atoms with E-state index in [1.165, 1.54) is 0 Å². The maximum atomic E-state index is 6.08. The number of hydrogen-bond donors (Lipinski definition) is 1. The van der Waals surface area contributed by atoms with Gasteiger partial charge in [-0.3, -0.25) is 0 Å². The van der Waals surface area contributed by atoms with Gasteiger partial charge in [-0.1, -0.05) is 55.4 Å². The molecule has 0 aliphatic rings. The van der Waals surface area contributed by atoms with Gasteiger partial charge in [0.05, 0.1) is 5.69 Å². The van der Waals surface area contributed by atoms with Crippen molar-refractivity contribution in [3.8, 4) is 0 Å². The van der Waals surface area contributed by atoms with Crippen molar-refractivity contribution in [1.29, 1.82) is 0 Å². The van der Waals surface area contributed by atoms with Crippen LogP contribution in [0.25, 0.3) is 0 Å². The lowest BCUT2D eigenvalue weighted by atomic mass is 10.1. The van der Waals surface area contributed by atoms with Gasteiger partial charge in [0.15, 0.2) is 0 Å². The molecule has 0 bridgehead atoms. The van der Waals surface area contributed by atoms with E-state index >= 15 is 0 Å². The second-order valence-corrected chi connectivity index (χ2v) is 5.74. The molecule has 0 aliphatic heterocycles. The van der Waals surface area contributed by atoms with Crippen LogP contribution in [0.4, 0.5) is 11.4 Å². The Morgan fingerprint density at radius 1 is 1.19 bits per heavy atom. The van der Waals surface area contributed by atoms with Gasteiger partial charge in [-0.2, -0.15) is 0 Å². The van der Waals surface area contributed by atoms with Crippen LogP contribution < -0.4 is 10.6 Å². The van der Waals surface area contributed by atoms with Gasteiger partial charge >= 0.3 is 0 Å². The van der Waals surface area contributed by atoms with Crippen LogP contribution >= 0.6 is 23.8 Å². The van der Waals surface area contributed by atoms with E-state index in [9.17, 15) is 0 Å². The summed E-state index contributed by atoms with van der Waals surface area (Å²) in [6.07, 6.45) is 2.22. The van der Waals surface area contributed by atoms with Crippen molar-refractivity contribution >= 4 is 40.2 Å². The minimum absolute atomic E-state index is 0.366. The Labute approximate surface area is 136 Å². The highest BCUT2D eigenvalue weighted by Crippen LogP contribution is 2.31. The lowest BCUT2D eigenvalue weighted by molar-refractivity contribution is 0.785. The number of nitrogens with zero attached hydrogens (tertiary/aromatic N) is 1. The second-order valence-electron chi connectivity index (χ2n) is 4.87. The molecule has 0 heterocycles. The van der Waals surface area contributed by atoms with Crippen molar-refractivity contribution < 1.29 is 0 Å². The maximum Gasteiger partial charge on any atom is 0.106 e. The average molecular weight is 319 g/mol. The van der Waals surface area contributed by atoms with Gasteiger partial charge in [0.1, 0.15) is 4.99 Å². The Kier molecular flexibility index (Phi) is 5.59. The third-order valence-electron chi connectivity index (χ3n) is 3.32. The van der Waals surface area contributed by atoms with Crippen molar-refractivity contribution in [1.82, 2.24) is 0 Å². The summed E-state index contributed by atoms with van der Waals surface area (Å²) >= 11 is 11.3. The Morgan fingerprint density at radius 3 is 2.52 bits per heavy atom. The highest BCUT2D eigenvalue weighted by Gasteiger charge is 2.15. The molecule has 2 aromatic rings. The molecule has 2 N–H and O–H groups in total. The maximum absolute atomic E-state index is 6.08. The highest BCUT2D eigenvalue weighted by atomic mass is 35.5. The molecule has 2 rings (SSSR count). The van der Waals surface area contributed by atoms with Crippen LogP contribution in [0.2, 0.25) is 5.02 Å². The number of unbranched alkanes of at least 4 members (excludes halogenated alkanes) is 1. The zero-order valence-electron chi connectivity index (χ0n) is 12.1. The largest absolute Gasteiger partial charge is 0.389 e. The fourth-order valence-corrected chi connectivity index (χ4v) is 2.59. The van der Waals surface area contributed by atoms with Crippen LogP contribution in [0.15, 0.2) is 48.5 Å². The van der Waals surface area contributed by atoms with E-state index in [1.807, 2.05) is 36.4 Å².